The Balaban J connectivity index is 2.61. The van der Waals surface area contributed by atoms with Gasteiger partial charge in [0.1, 0.15) is 5.82 Å². The van der Waals surface area contributed by atoms with Crippen molar-refractivity contribution in [3.8, 4) is 11.4 Å². The van der Waals surface area contributed by atoms with Crippen LogP contribution in [0.4, 0.5) is 19.0 Å². The number of nitrogens with zero attached hydrogens (tertiary/aromatic N) is 2. The van der Waals surface area contributed by atoms with Crippen LogP contribution >= 0.6 is 15.9 Å². The molecule has 0 unspecified atom stereocenters. The summed E-state index contributed by atoms with van der Waals surface area (Å²) in [5, 5.41) is 0. The third-order valence-corrected chi connectivity index (χ3v) is 2.86. The zero-order valence-electron chi connectivity index (χ0n) is 8.87. The summed E-state index contributed by atoms with van der Waals surface area (Å²) in [5.74, 6) is 0.0422. The van der Waals surface area contributed by atoms with Gasteiger partial charge in [-0.1, -0.05) is 18.2 Å². The number of hydrogen-bond donors (Lipinski definition) is 1. The predicted molar refractivity (Wildman–Crippen MR) is 64.6 cm³/mol. The summed E-state index contributed by atoms with van der Waals surface area (Å²) in [6.45, 7) is 0. The highest BCUT2D eigenvalue weighted by molar-refractivity contribution is 9.10. The molecule has 0 aliphatic rings. The highest BCUT2D eigenvalue weighted by atomic mass is 79.9. The molecule has 1 heterocycles. The van der Waals surface area contributed by atoms with Gasteiger partial charge in [-0.3, -0.25) is 0 Å². The Labute approximate surface area is 109 Å². The molecule has 0 radical (unpaired) electrons. The molecule has 2 N–H and O–H groups in total. The summed E-state index contributed by atoms with van der Waals surface area (Å²) in [6.07, 6.45) is -3.13. The van der Waals surface area contributed by atoms with Crippen LogP contribution in [0.15, 0.2) is 34.9 Å². The first kappa shape index (κ1) is 12.8. The Hall–Kier alpha value is -1.63. The molecule has 0 bridgehead atoms. The van der Waals surface area contributed by atoms with Crippen LogP contribution in [0.5, 0.6) is 0 Å². The van der Waals surface area contributed by atoms with Crippen molar-refractivity contribution >= 4 is 21.7 Å². The van der Waals surface area contributed by atoms with Gasteiger partial charge in [0.2, 0.25) is 0 Å². The minimum absolute atomic E-state index is 0.0522. The van der Waals surface area contributed by atoms with E-state index in [1.165, 1.54) is 24.4 Å². The van der Waals surface area contributed by atoms with Gasteiger partial charge in [-0.2, -0.15) is 13.2 Å². The fraction of sp³-hybridized carbons (Fsp3) is 0.0909. The second-order valence-electron chi connectivity index (χ2n) is 3.47. The Kier molecular flexibility index (Phi) is 3.25. The molecule has 0 aliphatic carbocycles. The Morgan fingerprint density at radius 2 is 1.83 bits per heavy atom. The maximum absolute atomic E-state index is 12.8. The molecule has 7 heteroatoms. The summed E-state index contributed by atoms with van der Waals surface area (Å²) in [6, 6.07) is 5.10. The molecule has 0 atom stereocenters. The van der Waals surface area contributed by atoms with Crippen LogP contribution in [-0.2, 0) is 6.18 Å². The lowest BCUT2D eigenvalue weighted by atomic mass is 10.1. The van der Waals surface area contributed by atoms with Gasteiger partial charge in [0.25, 0.3) is 0 Å². The number of alkyl halides is 3. The molecule has 2 aromatic rings. The number of nitrogens with two attached hydrogens (primary N) is 1. The topological polar surface area (TPSA) is 51.8 Å². The molecule has 18 heavy (non-hydrogen) atoms. The van der Waals surface area contributed by atoms with E-state index in [1.807, 2.05) is 0 Å². The van der Waals surface area contributed by atoms with Crippen molar-refractivity contribution in [1.82, 2.24) is 9.97 Å². The molecule has 0 saturated carbocycles. The van der Waals surface area contributed by atoms with Gasteiger partial charge in [-0.25, -0.2) is 9.97 Å². The minimum Gasteiger partial charge on any atom is -0.383 e. The zero-order chi connectivity index (χ0) is 13.3. The maximum Gasteiger partial charge on any atom is 0.417 e. The summed E-state index contributed by atoms with van der Waals surface area (Å²) >= 11 is 3.09. The molecule has 0 amide bonds. The van der Waals surface area contributed by atoms with Gasteiger partial charge in [0, 0.05) is 11.8 Å². The molecular formula is C11H7BrF3N3. The van der Waals surface area contributed by atoms with Crippen LogP contribution in [-0.4, -0.2) is 9.97 Å². The van der Waals surface area contributed by atoms with Crippen molar-refractivity contribution in [3.05, 3.63) is 40.5 Å². The van der Waals surface area contributed by atoms with Gasteiger partial charge in [-0.05, 0) is 22.0 Å². The van der Waals surface area contributed by atoms with E-state index >= 15 is 0 Å². The number of nitrogen functional groups attached to an aromatic ring is 1. The number of benzene rings is 1. The molecule has 2 rings (SSSR count). The first-order chi connectivity index (χ1) is 8.39. The van der Waals surface area contributed by atoms with Crippen LogP contribution in [0.1, 0.15) is 5.56 Å². The molecule has 94 valence electrons. The number of aromatic nitrogens is 2. The fourth-order valence-electron chi connectivity index (χ4n) is 1.44. The van der Waals surface area contributed by atoms with Crippen molar-refractivity contribution in [3.63, 3.8) is 0 Å². The van der Waals surface area contributed by atoms with Crippen molar-refractivity contribution in [2.75, 3.05) is 5.73 Å². The number of anilines is 1. The van der Waals surface area contributed by atoms with Crippen molar-refractivity contribution in [2.45, 2.75) is 6.18 Å². The van der Waals surface area contributed by atoms with Crippen LogP contribution in [0, 0.1) is 0 Å². The van der Waals surface area contributed by atoms with Gasteiger partial charge in [0.15, 0.2) is 5.82 Å². The summed E-state index contributed by atoms with van der Waals surface area (Å²) in [5.41, 5.74) is 4.66. The molecule has 1 aromatic heterocycles. The monoisotopic (exact) mass is 317 g/mol. The first-order valence-corrected chi connectivity index (χ1v) is 5.63. The Morgan fingerprint density at radius 3 is 2.44 bits per heavy atom. The lowest BCUT2D eigenvalue weighted by molar-refractivity contribution is -0.137. The predicted octanol–water partition coefficient (Wildman–Crippen LogP) is 3.51. The van der Waals surface area contributed by atoms with Crippen molar-refractivity contribution in [2.24, 2.45) is 0 Å². The molecule has 0 aliphatic heterocycles. The van der Waals surface area contributed by atoms with E-state index in [0.29, 0.717) is 4.47 Å². The maximum atomic E-state index is 12.8. The molecule has 0 spiro atoms. The third kappa shape index (κ3) is 2.45. The van der Waals surface area contributed by atoms with Crippen LogP contribution in [0.3, 0.4) is 0 Å². The zero-order valence-corrected chi connectivity index (χ0v) is 10.5. The van der Waals surface area contributed by atoms with E-state index in [2.05, 4.69) is 25.9 Å². The molecule has 0 saturated heterocycles. The van der Waals surface area contributed by atoms with Gasteiger partial charge < -0.3 is 5.73 Å². The second kappa shape index (κ2) is 4.56. The average molecular weight is 318 g/mol. The van der Waals surface area contributed by atoms with E-state index in [9.17, 15) is 13.2 Å². The minimum atomic E-state index is -4.46. The lowest BCUT2D eigenvalue weighted by Gasteiger charge is -2.11. The van der Waals surface area contributed by atoms with Crippen molar-refractivity contribution in [1.29, 1.82) is 0 Å². The van der Waals surface area contributed by atoms with Gasteiger partial charge in [-0.15, -0.1) is 0 Å². The summed E-state index contributed by atoms with van der Waals surface area (Å²) in [4.78, 5) is 7.68. The van der Waals surface area contributed by atoms with E-state index < -0.39 is 11.7 Å². The first-order valence-electron chi connectivity index (χ1n) is 4.84. The largest absolute Gasteiger partial charge is 0.417 e. The second-order valence-corrected chi connectivity index (χ2v) is 4.32. The third-order valence-electron chi connectivity index (χ3n) is 2.24. The van der Waals surface area contributed by atoms with Crippen molar-refractivity contribution < 1.29 is 13.2 Å². The molecule has 1 aromatic carbocycles. The van der Waals surface area contributed by atoms with E-state index in [1.54, 1.807) is 0 Å². The van der Waals surface area contributed by atoms with Gasteiger partial charge >= 0.3 is 6.18 Å². The smallest absolute Gasteiger partial charge is 0.383 e. The number of halogens is 4. The van der Waals surface area contributed by atoms with E-state index in [-0.39, 0.29) is 17.2 Å². The van der Waals surface area contributed by atoms with Crippen LogP contribution in [0.25, 0.3) is 11.4 Å². The molecule has 3 nitrogen and oxygen atoms in total. The lowest BCUT2D eigenvalue weighted by Crippen LogP contribution is -2.08. The summed E-state index contributed by atoms with van der Waals surface area (Å²) in [7, 11) is 0. The Bertz CT molecular complexity index is 584. The Morgan fingerprint density at radius 1 is 1.17 bits per heavy atom. The molecule has 0 fully saturated rings. The summed E-state index contributed by atoms with van der Waals surface area (Å²) < 4.78 is 38.9. The quantitative estimate of drug-likeness (QED) is 0.875. The average Bonchev–Trinajstić information content (AvgIpc) is 2.32. The van der Waals surface area contributed by atoms with Crippen LogP contribution in [0.2, 0.25) is 0 Å². The standard InChI is InChI=1S/C11H7BrF3N3/c12-8-5-17-10(18-9(8)16)6-3-1-2-4-7(6)11(13,14)15/h1-5H,(H2,16,17,18). The normalized spacial score (nSPS) is 11.6. The highest BCUT2D eigenvalue weighted by Gasteiger charge is 2.34. The van der Waals surface area contributed by atoms with Crippen LogP contribution < -0.4 is 5.73 Å². The SMILES string of the molecule is Nc1nc(-c2ccccc2C(F)(F)F)ncc1Br. The number of hydrogen-bond acceptors (Lipinski definition) is 3. The van der Waals surface area contributed by atoms with E-state index in [4.69, 9.17) is 5.73 Å². The van der Waals surface area contributed by atoms with Gasteiger partial charge in [0.05, 0.1) is 10.0 Å². The van der Waals surface area contributed by atoms with E-state index in [0.717, 1.165) is 6.07 Å². The number of rotatable bonds is 1. The highest BCUT2D eigenvalue weighted by Crippen LogP contribution is 2.36. The molecular weight excluding hydrogens is 311 g/mol. The fourth-order valence-corrected chi connectivity index (χ4v) is 1.63.